The number of rotatable bonds is 4. The normalized spacial score (nSPS) is 17.7. The van der Waals surface area contributed by atoms with Crippen molar-refractivity contribution >= 4 is 17.7 Å². The van der Waals surface area contributed by atoms with Crippen molar-refractivity contribution in [1.29, 1.82) is 0 Å². The highest BCUT2D eigenvalue weighted by Crippen LogP contribution is 2.41. The van der Waals surface area contributed by atoms with Crippen molar-refractivity contribution in [2.75, 3.05) is 0 Å². The minimum Gasteiger partial charge on any atom is -0.480 e. The van der Waals surface area contributed by atoms with Crippen molar-refractivity contribution in [2.45, 2.75) is 23.1 Å². The Hall–Kier alpha value is -1.10. The molecule has 74 valence electrons. The molecule has 2 rings (SSSR count). The maximum atomic E-state index is 10.9. The zero-order valence-electron chi connectivity index (χ0n) is 7.46. The van der Waals surface area contributed by atoms with Gasteiger partial charge < -0.3 is 5.11 Å². The van der Waals surface area contributed by atoms with Crippen molar-refractivity contribution < 1.29 is 9.90 Å². The maximum Gasteiger partial charge on any atom is 0.317 e. The van der Waals surface area contributed by atoms with Gasteiger partial charge in [-0.15, -0.1) is 0 Å². The van der Waals surface area contributed by atoms with Gasteiger partial charge in [-0.3, -0.25) is 9.78 Å². The molecule has 0 spiro atoms. The van der Waals surface area contributed by atoms with Crippen LogP contribution < -0.4 is 0 Å². The van der Waals surface area contributed by atoms with E-state index in [-0.39, 0.29) is 5.25 Å². The van der Waals surface area contributed by atoms with Gasteiger partial charge in [0.1, 0.15) is 10.3 Å². The van der Waals surface area contributed by atoms with Crippen LogP contribution in [0.1, 0.15) is 12.8 Å². The van der Waals surface area contributed by atoms with Crippen LogP contribution in [0.25, 0.3) is 0 Å². The van der Waals surface area contributed by atoms with E-state index in [4.69, 9.17) is 5.11 Å². The molecule has 0 saturated heterocycles. The van der Waals surface area contributed by atoms with Gasteiger partial charge >= 0.3 is 5.97 Å². The molecule has 1 unspecified atom stereocenters. The third-order valence-corrected chi connectivity index (χ3v) is 3.37. The topological polar surface area (TPSA) is 63.1 Å². The molecule has 1 heterocycles. The number of carboxylic acid groups (broad SMARTS) is 1. The summed E-state index contributed by atoms with van der Waals surface area (Å²) >= 11 is 1.29. The Kier molecular flexibility index (Phi) is 2.67. The average molecular weight is 210 g/mol. The molecule has 1 aromatic heterocycles. The van der Waals surface area contributed by atoms with E-state index < -0.39 is 5.97 Å². The second-order valence-corrected chi connectivity index (χ2v) is 4.42. The number of carbonyl (C=O) groups is 1. The quantitative estimate of drug-likeness (QED) is 0.762. The highest BCUT2D eigenvalue weighted by molar-refractivity contribution is 8.00. The summed E-state index contributed by atoms with van der Waals surface area (Å²) in [5.74, 6) is -0.428. The average Bonchev–Trinajstić information content (AvgIpc) is 2.99. The number of hydrogen-bond donors (Lipinski definition) is 1. The fourth-order valence-corrected chi connectivity index (χ4v) is 2.29. The van der Waals surface area contributed by atoms with Gasteiger partial charge in [0.25, 0.3) is 0 Å². The van der Waals surface area contributed by atoms with Crippen LogP contribution in [0.4, 0.5) is 0 Å². The smallest absolute Gasteiger partial charge is 0.317 e. The zero-order chi connectivity index (χ0) is 9.97. The fourth-order valence-electron chi connectivity index (χ4n) is 1.22. The first-order valence-corrected chi connectivity index (χ1v) is 5.31. The molecule has 1 aromatic rings. The summed E-state index contributed by atoms with van der Waals surface area (Å²) < 4.78 is 0. The minimum absolute atomic E-state index is 0.319. The summed E-state index contributed by atoms with van der Waals surface area (Å²) in [6.45, 7) is 0. The Labute approximate surface area is 85.8 Å². The molecule has 1 N–H and O–H groups in total. The molecule has 1 fully saturated rings. The van der Waals surface area contributed by atoms with Crippen LogP contribution in [0.3, 0.4) is 0 Å². The van der Waals surface area contributed by atoms with Crippen LogP contribution in [-0.4, -0.2) is 26.3 Å². The number of hydrogen-bond acceptors (Lipinski definition) is 4. The van der Waals surface area contributed by atoms with Crippen LogP contribution in [0.5, 0.6) is 0 Å². The second kappa shape index (κ2) is 3.96. The van der Waals surface area contributed by atoms with Crippen LogP contribution in [-0.2, 0) is 4.79 Å². The van der Waals surface area contributed by atoms with Crippen molar-refractivity contribution in [1.82, 2.24) is 9.97 Å². The third kappa shape index (κ3) is 2.23. The molecule has 1 atom stereocenters. The van der Waals surface area contributed by atoms with E-state index in [2.05, 4.69) is 9.97 Å². The number of carboxylic acids is 1. The van der Waals surface area contributed by atoms with Gasteiger partial charge in [0.05, 0.1) is 6.20 Å². The van der Waals surface area contributed by atoms with Crippen molar-refractivity contribution in [3.8, 4) is 0 Å². The molecule has 1 aliphatic carbocycles. The Bertz CT molecular complexity index is 327. The lowest BCUT2D eigenvalue weighted by molar-refractivity contribution is -0.136. The minimum atomic E-state index is -0.747. The number of aromatic nitrogens is 2. The van der Waals surface area contributed by atoms with E-state index in [1.54, 1.807) is 18.6 Å². The Morgan fingerprint density at radius 2 is 2.36 bits per heavy atom. The summed E-state index contributed by atoms with van der Waals surface area (Å²) in [6, 6.07) is 0. The first-order valence-electron chi connectivity index (χ1n) is 4.43. The molecule has 0 bridgehead atoms. The van der Waals surface area contributed by atoms with Gasteiger partial charge in [0.15, 0.2) is 0 Å². The summed E-state index contributed by atoms with van der Waals surface area (Å²) in [6.07, 6.45) is 6.79. The van der Waals surface area contributed by atoms with Gasteiger partial charge in [-0.05, 0) is 18.8 Å². The van der Waals surface area contributed by atoms with Crippen LogP contribution in [0.15, 0.2) is 23.6 Å². The van der Waals surface area contributed by atoms with Crippen molar-refractivity contribution in [3.05, 3.63) is 18.6 Å². The molecule has 0 amide bonds. The fraction of sp³-hybridized carbons (Fsp3) is 0.444. The summed E-state index contributed by atoms with van der Waals surface area (Å²) in [5, 5.41) is 9.31. The SMILES string of the molecule is O=C(O)C(Sc1cnccn1)C1CC1. The lowest BCUT2D eigenvalue weighted by Gasteiger charge is -2.08. The van der Waals surface area contributed by atoms with E-state index in [9.17, 15) is 4.79 Å². The second-order valence-electron chi connectivity index (χ2n) is 3.26. The zero-order valence-corrected chi connectivity index (χ0v) is 8.28. The first-order chi connectivity index (χ1) is 6.77. The van der Waals surface area contributed by atoms with E-state index in [1.165, 1.54) is 11.8 Å². The molecular formula is C9H10N2O2S. The van der Waals surface area contributed by atoms with Crippen LogP contribution >= 0.6 is 11.8 Å². The Balaban J connectivity index is 2.04. The molecule has 0 radical (unpaired) electrons. The molecule has 0 aromatic carbocycles. The highest BCUT2D eigenvalue weighted by Gasteiger charge is 2.37. The number of thioether (sulfide) groups is 1. The molecule has 5 heteroatoms. The molecular weight excluding hydrogens is 200 g/mol. The molecule has 1 saturated carbocycles. The summed E-state index contributed by atoms with van der Waals surface area (Å²) in [5.41, 5.74) is 0. The van der Waals surface area contributed by atoms with Crippen LogP contribution in [0, 0.1) is 5.92 Å². The molecule has 14 heavy (non-hydrogen) atoms. The van der Waals surface area contributed by atoms with E-state index in [0.717, 1.165) is 12.8 Å². The largest absolute Gasteiger partial charge is 0.480 e. The third-order valence-electron chi connectivity index (χ3n) is 2.08. The van der Waals surface area contributed by atoms with Gasteiger partial charge in [0, 0.05) is 12.4 Å². The van der Waals surface area contributed by atoms with Gasteiger partial charge in [-0.1, -0.05) is 11.8 Å². The predicted molar refractivity (Wildman–Crippen MR) is 52.0 cm³/mol. The van der Waals surface area contributed by atoms with E-state index in [1.807, 2.05) is 0 Å². The monoisotopic (exact) mass is 210 g/mol. The first kappa shape index (κ1) is 9.45. The van der Waals surface area contributed by atoms with Gasteiger partial charge in [0.2, 0.25) is 0 Å². The molecule has 4 nitrogen and oxygen atoms in total. The molecule has 1 aliphatic rings. The van der Waals surface area contributed by atoms with Crippen LogP contribution in [0.2, 0.25) is 0 Å². The summed E-state index contributed by atoms with van der Waals surface area (Å²) in [4.78, 5) is 18.9. The Morgan fingerprint density at radius 3 is 2.86 bits per heavy atom. The molecule has 0 aliphatic heterocycles. The number of aliphatic carboxylic acids is 1. The van der Waals surface area contributed by atoms with Crippen molar-refractivity contribution in [3.63, 3.8) is 0 Å². The standard InChI is InChI=1S/C9H10N2O2S/c12-9(13)8(6-1-2-6)14-7-5-10-3-4-11-7/h3-6,8H,1-2H2,(H,12,13). The van der Waals surface area contributed by atoms with E-state index >= 15 is 0 Å². The van der Waals surface area contributed by atoms with Gasteiger partial charge in [-0.25, -0.2) is 4.98 Å². The Morgan fingerprint density at radius 1 is 1.57 bits per heavy atom. The lowest BCUT2D eigenvalue weighted by atomic mass is 10.3. The lowest BCUT2D eigenvalue weighted by Crippen LogP contribution is -2.18. The maximum absolute atomic E-state index is 10.9. The summed E-state index contributed by atoms with van der Waals surface area (Å²) in [7, 11) is 0. The van der Waals surface area contributed by atoms with Gasteiger partial charge in [-0.2, -0.15) is 0 Å². The van der Waals surface area contributed by atoms with E-state index in [0.29, 0.717) is 10.9 Å². The number of nitrogens with zero attached hydrogens (tertiary/aromatic N) is 2. The predicted octanol–water partition coefficient (Wildman–Crippen LogP) is 1.43. The highest BCUT2D eigenvalue weighted by atomic mass is 32.2. The van der Waals surface area contributed by atoms with Crippen molar-refractivity contribution in [2.24, 2.45) is 5.92 Å².